The first-order chi connectivity index (χ1) is 16.5. The fourth-order valence-electron chi connectivity index (χ4n) is 3.58. The molecule has 0 radical (unpaired) electrons. The fraction of sp³-hybridized carbons (Fsp3) is 0.179. The van der Waals surface area contributed by atoms with Crippen LogP contribution in [0.3, 0.4) is 0 Å². The summed E-state index contributed by atoms with van der Waals surface area (Å²) < 4.78 is 1.61. The molecule has 4 aromatic rings. The third-order valence-corrected chi connectivity index (χ3v) is 5.42. The van der Waals surface area contributed by atoms with Crippen molar-refractivity contribution in [1.29, 1.82) is 0 Å². The highest BCUT2D eigenvalue weighted by atomic mass is 16.2. The molecule has 34 heavy (non-hydrogen) atoms. The minimum absolute atomic E-state index is 0.137. The average Bonchev–Trinajstić information content (AvgIpc) is 3.28. The highest BCUT2D eigenvalue weighted by Crippen LogP contribution is 2.21. The van der Waals surface area contributed by atoms with Gasteiger partial charge in [0.05, 0.1) is 5.69 Å². The predicted molar refractivity (Wildman–Crippen MR) is 133 cm³/mol. The van der Waals surface area contributed by atoms with Gasteiger partial charge in [-0.3, -0.25) is 9.59 Å². The Hall–Kier alpha value is -4.19. The van der Waals surface area contributed by atoms with Gasteiger partial charge in [-0.15, -0.1) is 0 Å². The van der Waals surface area contributed by atoms with Gasteiger partial charge in [0.1, 0.15) is 5.82 Å². The molecule has 4 rings (SSSR count). The van der Waals surface area contributed by atoms with Gasteiger partial charge >= 0.3 is 0 Å². The minimum Gasteiger partial charge on any atom is -0.329 e. The first-order valence-electron chi connectivity index (χ1n) is 11.3. The first kappa shape index (κ1) is 23.0. The Balaban J connectivity index is 1.69. The van der Waals surface area contributed by atoms with Crippen molar-refractivity contribution in [3.8, 4) is 5.69 Å². The van der Waals surface area contributed by atoms with E-state index in [2.05, 4.69) is 10.4 Å². The van der Waals surface area contributed by atoms with Crippen molar-refractivity contribution < 1.29 is 9.59 Å². The summed E-state index contributed by atoms with van der Waals surface area (Å²) in [6.45, 7) is 4.54. The van der Waals surface area contributed by atoms with E-state index in [0.717, 1.165) is 16.8 Å². The Morgan fingerprint density at radius 2 is 1.32 bits per heavy atom. The van der Waals surface area contributed by atoms with Crippen molar-refractivity contribution in [2.24, 2.45) is 5.92 Å². The molecule has 1 N–H and O–H groups in total. The Morgan fingerprint density at radius 3 is 1.82 bits per heavy atom. The van der Waals surface area contributed by atoms with Crippen LogP contribution in [0.1, 0.15) is 35.5 Å². The van der Waals surface area contributed by atoms with Gasteiger partial charge in [0.25, 0.3) is 5.91 Å². The van der Waals surface area contributed by atoms with Gasteiger partial charge in [-0.2, -0.15) is 5.10 Å². The van der Waals surface area contributed by atoms with Gasteiger partial charge in [-0.25, -0.2) is 4.68 Å². The van der Waals surface area contributed by atoms with Crippen molar-refractivity contribution in [2.45, 2.75) is 26.9 Å². The van der Waals surface area contributed by atoms with E-state index in [-0.39, 0.29) is 23.4 Å². The maximum Gasteiger partial charge on any atom is 0.275 e. The van der Waals surface area contributed by atoms with E-state index >= 15 is 0 Å². The van der Waals surface area contributed by atoms with E-state index in [1.807, 2.05) is 105 Å². The van der Waals surface area contributed by atoms with E-state index in [9.17, 15) is 9.59 Å². The molecule has 0 fully saturated rings. The molecule has 0 saturated carbocycles. The lowest BCUT2D eigenvalue weighted by Gasteiger charge is -2.22. The van der Waals surface area contributed by atoms with Crippen LogP contribution in [0.2, 0.25) is 0 Å². The molecule has 6 nitrogen and oxygen atoms in total. The summed E-state index contributed by atoms with van der Waals surface area (Å²) in [5, 5.41) is 7.52. The molecule has 0 aliphatic carbocycles. The van der Waals surface area contributed by atoms with Crippen LogP contribution in [0.4, 0.5) is 5.82 Å². The Bertz CT molecular complexity index is 1190. The maximum absolute atomic E-state index is 13.7. The van der Waals surface area contributed by atoms with Crippen LogP contribution in [0.15, 0.2) is 97.1 Å². The second-order valence-electron chi connectivity index (χ2n) is 8.44. The third-order valence-electron chi connectivity index (χ3n) is 5.42. The largest absolute Gasteiger partial charge is 0.329 e. The molecule has 6 heteroatoms. The number of carbonyl (C=O) groups excluding carboxylic acids is 2. The van der Waals surface area contributed by atoms with Gasteiger partial charge in [-0.1, -0.05) is 92.7 Å². The molecule has 0 aliphatic rings. The van der Waals surface area contributed by atoms with Crippen molar-refractivity contribution in [1.82, 2.24) is 14.7 Å². The number of para-hydroxylation sites is 1. The molecule has 172 valence electrons. The third kappa shape index (κ3) is 5.59. The van der Waals surface area contributed by atoms with Crippen molar-refractivity contribution in [2.75, 3.05) is 5.32 Å². The Morgan fingerprint density at radius 1 is 0.824 bits per heavy atom. The normalized spacial score (nSPS) is 10.8. The summed E-state index contributed by atoms with van der Waals surface area (Å²) in [4.78, 5) is 27.9. The smallest absolute Gasteiger partial charge is 0.275 e. The van der Waals surface area contributed by atoms with Crippen LogP contribution in [-0.4, -0.2) is 26.5 Å². The van der Waals surface area contributed by atoms with Gasteiger partial charge in [0.15, 0.2) is 5.69 Å². The number of rotatable bonds is 8. The number of hydrogen-bond donors (Lipinski definition) is 1. The standard InChI is InChI=1S/C28H28N4O2/c1-21(2)27(33)29-26-18-25(30-32(26)24-16-10-5-11-17-24)28(34)31(19-22-12-6-3-7-13-22)20-23-14-8-4-9-15-23/h3-18,21H,19-20H2,1-2H3,(H,29,33). The van der Waals surface area contributed by atoms with Crippen molar-refractivity contribution in [3.63, 3.8) is 0 Å². The molecule has 0 saturated heterocycles. The van der Waals surface area contributed by atoms with Gasteiger partial charge < -0.3 is 10.2 Å². The quantitative estimate of drug-likeness (QED) is 0.394. The maximum atomic E-state index is 13.7. The zero-order valence-corrected chi connectivity index (χ0v) is 19.4. The van der Waals surface area contributed by atoms with E-state index in [4.69, 9.17) is 0 Å². The molecule has 3 aromatic carbocycles. The molecule has 0 atom stereocenters. The van der Waals surface area contributed by atoms with Crippen LogP contribution < -0.4 is 5.32 Å². The summed E-state index contributed by atoms with van der Waals surface area (Å²) in [7, 11) is 0. The summed E-state index contributed by atoms with van der Waals surface area (Å²) in [5.74, 6) is -0.0810. The monoisotopic (exact) mass is 452 g/mol. The summed E-state index contributed by atoms with van der Waals surface area (Å²) >= 11 is 0. The number of anilines is 1. The molecule has 0 spiro atoms. The highest BCUT2D eigenvalue weighted by molar-refractivity contribution is 5.96. The molecular weight excluding hydrogens is 424 g/mol. The highest BCUT2D eigenvalue weighted by Gasteiger charge is 2.23. The lowest BCUT2D eigenvalue weighted by Crippen LogP contribution is -2.30. The zero-order valence-electron chi connectivity index (χ0n) is 19.4. The van der Waals surface area contributed by atoms with Gasteiger partial charge in [-0.05, 0) is 23.3 Å². The molecule has 1 aromatic heterocycles. The molecule has 0 aliphatic heterocycles. The molecular formula is C28H28N4O2. The van der Waals surface area contributed by atoms with E-state index < -0.39 is 0 Å². The minimum atomic E-state index is -0.206. The number of nitrogens with zero attached hydrogens (tertiary/aromatic N) is 3. The second kappa shape index (κ2) is 10.6. The number of benzene rings is 3. The van der Waals surface area contributed by atoms with E-state index in [1.54, 1.807) is 15.6 Å². The molecule has 0 unspecified atom stereocenters. The molecule has 2 amide bonds. The zero-order chi connectivity index (χ0) is 23.9. The van der Waals surface area contributed by atoms with Crippen LogP contribution in [-0.2, 0) is 17.9 Å². The number of aromatic nitrogens is 2. The van der Waals surface area contributed by atoms with Crippen molar-refractivity contribution in [3.05, 3.63) is 114 Å². The lowest BCUT2D eigenvalue weighted by molar-refractivity contribution is -0.118. The number of amides is 2. The number of hydrogen-bond acceptors (Lipinski definition) is 3. The van der Waals surface area contributed by atoms with Crippen LogP contribution in [0, 0.1) is 5.92 Å². The first-order valence-corrected chi connectivity index (χ1v) is 11.3. The number of nitrogens with one attached hydrogen (secondary N) is 1. The SMILES string of the molecule is CC(C)C(=O)Nc1cc(C(=O)N(Cc2ccccc2)Cc2ccccc2)nn1-c1ccccc1. The van der Waals surface area contributed by atoms with Crippen molar-refractivity contribution >= 4 is 17.6 Å². The Kier molecular flexibility index (Phi) is 7.18. The van der Waals surface area contributed by atoms with Gasteiger partial charge in [0.2, 0.25) is 5.91 Å². The fourth-order valence-corrected chi connectivity index (χ4v) is 3.58. The van der Waals surface area contributed by atoms with Crippen LogP contribution >= 0.6 is 0 Å². The molecule has 0 bridgehead atoms. The van der Waals surface area contributed by atoms with Gasteiger partial charge in [0, 0.05) is 25.1 Å². The lowest BCUT2D eigenvalue weighted by atomic mass is 10.1. The predicted octanol–water partition coefficient (Wildman–Crippen LogP) is 5.31. The van der Waals surface area contributed by atoms with Crippen LogP contribution in [0.5, 0.6) is 0 Å². The van der Waals surface area contributed by atoms with Crippen LogP contribution in [0.25, 0.3) is 5.69 Å². The molecule has 1 heterocycles. The van der Waals surface area contributed by atoms with E-state index in [1.165, 1.54) is 0 Å². The number of carbonyl (C=O) groups is 2. The second-order valence-corrected chi connectivity index (χ2v) is 8.44. The Labute approximate surface area is 199 Å². The topological polar surface area (TPSA) is 67.2 Å². The summed E-state index contributed by atoms with van der Waals surface area (Å²) in [6.07, 6.45) is 0. The average molecular weight is 453 g/mol. The summed E-state index contributed by atoms with van der Waals surface area (Å²) in [6, 6.07) is 30.9. The van der Waals surface area contributed by atoms with E-state index in [0.29, 0.717) is 18.9 Å². The summed E-state index contributed by atoms with van der Waals surface area (Å²) in [5.41, 5.74) is 3.10.